The zero-order valence-electron chi connectivity index (χ0n) is 21.5. The first-order chi connectivity index (χ1) is 17.3. The third-order valence-electron chi connectivity index (χ3n) is 6.20. The number of ether oxygens (including phenoxy) is 1. The zero-order chi connectivity index (χ0) is 26.1. The monoisotopic (exact) mass is 506 g/mol. The second-order valence-corrected chi connectivity index (χ2v) is 9.67. The number of halogens is 1. The molecule has 2 unspecified atom stereocenters. The van der Waals surface area contributed by atoms with E-state index in [1.807, 2.05) is 94.4 Å². The molecule has 0 spiro atoms. The van der Waals surface area contributed by atoms with Crippen molar-refractivity contribution >= 4 is 23.4 Å². The minimum atomic E-state index is -0.712. The summed E-state index contributed by atoms with van der Waals surface area (Å²) in [6.45, 7) is 8.01. The van der Waals surface area contributed by atoms with Crippen molar-refractivity contribution < 1.29 is 14.3 Å². The number of amides is 2. The van der Waals surface area contributed by atoms with Gasteiger partial charge in [0.2, 0.25) is 5.91 Å². The summed E-state index contributed by atoms with van der Waals surface area (Å²) in [4.78, 5) is 28.8. The molecule has 0 bridgehead atoms. The van der Waals surface area contributed by atoms with Gasteiger partial charge in [0.25, 0.3) is 5.91 Å². The molecule has 0 radical (unpaired) electrons. The zero-order valence-corrected chi connectivity index (χ0v) is 22.2. The van der Waals surface area contributed by atoms with Crippen molar-refractivity contribution in [2.75, 3.05) is 6.61 Å². The Bertz CT molecular complexity index is 1170. The van der Waals surface area contributed by atoms with Gasteiger partial charge in [-0.05, 0) is 62.1 Å². The Morgan fingerprint density at radius 1 is 0.972 bits per heavy atom. The van der Waals surface area contributed by atoms with Gasteiger partial charge in [0.15, 0.2) is 6.61 Å². The molecule has 6 heteroatoms. The highest BCUT2D eigenvalue weighted by Gasteiger charge is 2.31. The molecule has 0 aromatic heterocycles. The number of nitrogens with zero attached hydrogens (tertiary/aromatic N) is 1. The summed E-state index contributed by atoms with van der Waals surface area (Å²) >= 11 is 6.23. The summed E-state index contributed by atoms with van der Waals surface area (Å²) in [5, 5.41) is 3.65. The van der Waals surface area contributed by atoms with Crippen molar-refractivity contribution in [1.29, 1.82) is 0 Å². The summed E-state index contributed by atoms with van der Waals surface area (Å²) in [5.74, 6) is 0.200. The third kappa shape index (κ3) is 7.85. The fourth-order valence-corrected chi connectivity index (χ4v) is 4.22. The van der Waals surface area contributed by atoms with Gasteiger partial charge >= 0.3 is 0 Å². The first-order valence-electron chi connectivity index (χ1n) is 12.3. The normalized spacial score (nSPS) is 12.5. The molecule has 5 nitrogen and oxygen atoms in total. The highest BCUT2D eigenvalue weighted by molar-refractivity contribution is 6.30. The van der Waals surface area contributed by atoms with Gasteiger partial charge in [0, 0.05) is 24.0 Å². The molecule has 2 amide bonds. The van der Waals surface area contributed by atoms with Gasteiger partial charge in [0.05, 0.1) is 0 Å². The van der Waals surface area contributed by atoms with Crippen molar-refractivity contribution in [1.82, 2.24) is 10.2 Å². The van der Waals surface area contributed by atoms with Crippen molar-refractivity contribution in [3.8, 4) is 5.75 Å². The summed E-state index contributed by atoms with van der Waals surface area (Å²) in [7, 11) is 0. The fraction of sp³-hybridized carbons (Fsp3) is 0.333. The Balaban J connectivity index is 1.92. The van der Waals surface area contributed by atoms with E-state index in [-0.39, 0.29) is 31.0 Å². The summed E-state index contributed by atoms with van der Waals surface area (Å²) in [6.07, 6.45) is 1.18. The van der Waals surface area contributed by atoms with Crippen LogP contribution in [0.4, 0.5) is 0 Å². The van der Waals surface area contributed by atoms with Gasteiger partial charge < -0.3 is 15.0 Å². The van der Waals surface area contributed by atoms with Crippen LogP contribution in [-0.2, 0) is 22.6 Å². The minimum absolute atomic E-state index is 0.00893. The van der Waals surface area contributed by atoms with Gasteiger partial charge in [-0.1, -0.05) is 78.7 Å². The molecule has 3 aromatic rings. The van der Waals surface area contributed by atoms with Gasteiger partial charge in [0.1, 0.15) is 11.8 Å². The molecule has 1 N–H and O–H groups in total. The molecular weight excluding hydrogens is 472 g/mol. The number of hydrogen-bond acceptors (Lipinski definition) is 3. The first kappa shape index (κ1) is 27.3. The molecule has 0 aliphatic carbocycles. The topological polar surface area (TPSA) is 58.6 Å². The molecule has 0 saturated heterocycles. The van der Waals surface area contributed by atoms with Crippen LogP contribution in [0.15, 0.2) is 72.8 Å². The molecule has 2 atom stereocenters. The third-order valence-corrected chi connectivity index (χ3v) is 6.43. The highest BCUT2D eigenvalue weighted by Crippen LogP contribution is 2.21. The van der Waals surface area contributed by atoms with E-state index in [0.717, 1.165) is 28.7 Å². The summed E-state index contributed by atoms with van der Waals surface area (Å²) < 4.78 is 5.93. The van der Waals surface area contributed by atoms with Crippen LogP contribution in [0, 0.1) is 13.8 Å². The molecule has 0 heterocycles. The first-order valence-corrected chi connectivity index (χ1v) is 12.7. The number of rotatable bonds is 11. The highest BCUT2D eigenvalue weighted by atomic mass is 35.5. The van der Waals surface area contributed by atoms with Crippen LogP contribution >= 0.6 is 11.6 Å². The Morgan fingerprint density at radius 3 is 2.36 bits per heavy atom. The molecule has 0 saturated carbocycles. The smallest absolute Gasteiger partial charge is 0.261 e. The van der Waals surface area contributed by atoms with Crippen LogP contribution in [0.2, 0.25) is 5.02 Å². The van der Waals surface area contributed by atoms with E-state index in [9.17, 15) is 9.59 Å². The SMILES string of the molecule is CCC(C)NC(=O)C(Cc1ccccc1)N(Cc1cccc(Cl)c1)C(=O)COc1ccc(C)cc1C. The number of carbonyl (C=O) groups excluding carboxylic acids is 2. The average Bonchev–Trinajstić information content (AvgIpc) is 2.86. The van der Waals surface area contributed by atoms with E-state index in [0.29, 0.717) is 17.2 Å². The van der Waals surface area contributed by atoms with E-state index in [1.165, 1.54) is 0 Å². The van der Waals surface area contributed by atoms with Crippen molar-refractivity contribution in [2.45, 2.75) is 59.2 Å². The van der Waals surface area contributed by atoms with E-state index in [1.54, 1.807) is 11.0 Å². The van der Waals surface area contributed by atoms with E-state index < -0.39 is 6.04 Å². The molecule has 0 fully saturated rings. The standard InChI is InChI=1S/C30H35ClN2O3/c1-5-23(4)32-30(35)27(18-24-10-7-6-8-11-24)33(19-25-12-9-13-26(31)17-25)29(34)20-36-28-15-14-21(2)16-22(28)3/h6-17,23,27H,5,18-20H2,1-4H3,(H,32,35). The minimum Gasteiger partial charge on any atom is -0.483 e. The van der Waals surface area contributed by atoms with Crippen molar-refractivity contribution in [3.63, 3.8) is 0 Å². The molecule has 3 aromatic carbocycles. The van der Waals surface area contributed by atoms with Crippen LogP contribution in [0.1, 0.15) is 42.5 Å². The lowest BCUT2D eigenvalue weighted by atomic mass is 10.0. The largest absolute Gasteiger partial charge is 0.483 e. The fourth-order valence-electron chi connectivity index (χ4n) is 4.01. The lowest BCUT2D eigenvalue weighted by Crippen LogP contribution is -2.53. The number of nitrogens with one attached hydrogen (secondary N) is 1. The summed E-state index contributed by atoms with van der Waals surface area (Å²) in [6, 6.07) is 22.2. The van der Waals surface area contributed by atoms with E-state index in [4.69, 9.17) is 16.3 Å². The Morgan fingerprint density at radius 2 is 1.69 bits per heavy atom. The summed E-state index contributed by atoms with van der Waals surface area (Å²) in [5.41, 5.74) is 3.90. The molecular formula is C30H35ClN2O3. The van der Waals surface area contributed by atoms with Crippen molar-refractivity contribution in [3.05, 3.63) is 100 Å². The van der Waals surface area contributed by atoms with Gasteiger partial charge in [-0.15, -0.1) is 0 Å². The van der Waals surface area contributed by atoms with Gasteiger partial charge in [-0.2, -0.15) is 0 Å². The lowest BCUT2D eigenvalue weighted by molar-refractivity contribution is -0.143. The van der Waals surface area contributed by atoms with Gasteiger partial charge in [-0.3, -0.25) is 9.59 Å². The quantitative estimate of drug-likeness (QED) is 0.352. The Hall–Kier alpha value is -3.31. The van der Waals surface area contributed by atoms with Crippen LogP contribution < -0.4 is 10.1 Å². The van der Waals surface area contributed by atoms with E-state index in [2.05, 4.69) is 5.32 Å². The Kier molecular flexibility index (Phi) is 9.95. The average molecular weight is 507 g/mol. The van der Waals surface area contributed by atoms with Crippen LogP contribution in [0.25, 0.3) is 0 Å². The second-order valence-electron chi connectivity index (χ2n) is 9.23. The van der Waals surface area contributed by atoms with E-state index >= 15 is 0 Å². The molecule has 190 valence electrons. The number of aryl methyl sites for hydroxylation is 2. The Labute approximate surface area is 219 Å². The molecule has 36 heavy (non-hydrogen) atoms. The maximum absolute atomic E-state index is 13.7. The molecule has 0 aliphatic heterocycles. The maximum atomic E-state index is 13.7. The van der Waals surface area contributed by atoms with Crippen LogP contribution in [0.3, 0.4) is 0 Å². The number of benzene rings is 3. The number of carbonyl (C=O) groups is 2. The van der Waals surface area contributed by atoms with Crippen molar-refractivity contribution in [2.24, 2.45) is 0 Å². The molecule has 3 rings (SSSR count). The van der Waals surface area contributed by atoms with Gasteiger partial charge in [-0.25, -0.2) is 0 Å². The maximum Gasteiger partial charge on any atom is 0.261 e. The predicted molar refractivity (Wildman–Crippen MR) is 145 cm³/mol. The van der Waals surface area contributed by atoms with Crippen LogP contribution in [-0.4, -0.2) is 35.4 Å². The second kappa shape index (κ2) is 13.1. The number of hydrogen-bond donors (Lipinski definition) is 1. The predicted octanol–water partition coefficient (Wildman–Crippen LogP) is 5.89. The van der Waals surface area contributed by atoms with Crippen LogP contribution in [0.5, 0.6) is 5.75 Å². The molecule has 0 aliphatic rings. The lowest BCUT2D eigenvalue weighted by Gasteiger charge is -2.32.